The van der Waals surface area contributed by atoms with Crippen molar-refractivity contribution < 1.29 is 4.74 Å². The highest BCUT2D eigenvalue weighted by atomic mass is 32.2. The van der Waals surface area contributed by atoms with Crippen LogP contribution in [0.4, 0.5) is 0 Å². The molecule has 0 fully saturated rings. The summed E-state index contributed by atoms with van der Waals surface area (Å²) in [6.07, 6.45) is 2.07. The number of nitrogens with zero attached hydrogens (tertiary/aromatic N) is 3. The molecule has 0 atom stereocenters. The molecule has 7 heteroatoms. The van der Waals surface area contributed by atoms with Gasteiger partial charge in [-0.25, -0.2) is 4.68 Å². The van der Waals surface area contributed by atoms with Crippen LogP contribution in [0.5, 0.6) is 5.75 Å². The Morgan fingerprint density at radius 2 is 1.75 bits per heavy atom. The number of thioether (sulfide) groups is 2. The highest BCUT2D eigenvalue weighted by molar-refractivity contribution is 7.98. The van der Waals surface area contributed by atoms with E-state index in [0.717, 1.165) is 17.1 Å². The molecule has 0 aliphatic rings. The highest BCUT2D eigenvalue weighted by Gasteiger charge is 2.12. The van der Waals surface area contributed by atoms with Crippen molar-refractivity contribution in [2.24, 2.45) is 0 Å². The second kappa shape index (κ2) is 7.63. The van der Waals surface area contributed by atoms with E-state index in [1.807, 2.05) is 24.3 Å². The third-order valence-corrected chi connectivity index (χ3v) is 5.30. The Kier molecular flexibility index (Phi) is 5.32. The van der Waals surface area contributed by atoms with Crippen LogP contribution in [0.25, 0.3) is 11.4 Å². The van der Waals surface area contributed by atoms with Crippen LogP contribution in [0.2, 0.25) is 0 Å². The van der Waals surface area contributed by atoms with Crippen molar-refractivity contribution in [3.05, 3.63) is 54.1 Å². The first-order chi connectivity index (χ1) is 11.7. The number of aromatic nitrogens is 3. The highest BCUT2D eigenvalue weighted by Crippen LogP contribution is 2.26. The molecular formula is C17H18N4OS2. The minimum absolute atomic E-state index is 0.637. The van der Waals surface area contributed by atoms with E-state index in [2.05, 4.69) is 40.7 Å². The Labute approximate surface area is 149 Å². The molecule has 5 nitrogen and oxygen atoms in total. The SMILES string of the molecule is COc1ccc(-c2nnc(SCc3ccc(SC)cc3)n2N)cc1. The van der Waals surface area contributed by atoms with Gasteiger partial charge < -0.3 is 10.6 Å². The monoisotopic (exact) mass is 358 g/mol. The predicted molar refractivity (Wildman–Crippen MR) is 99.9 cm³/mol. The summed E-state index contributed by atoms with van der Waals surface area (Å²) < 4.78 is 6.70. The van der Waals surface area contributed by atoms with E-state index >= 15 is 0 Å². The van der Waals surface area contributed by atoms with Crippen molar-refractivity contribution in [2.45, 2.75) is 15.8 Å². The van der Waals surface area contributed by atoms with E-state index in [1.165, 1.54) is 15.1 Å². The van der Waals surface area contributed by atoms with Gasteiger partial charge in [0.15, 0.2) is 5.82 Å². The maximum absolute atomic E-state index is 6.15. The van der Waals surface area contributed by atoms with Gasteiger partial charge >= 0.3 is 0 Å². The molecule has 0 unspecified atom stereocenters. The maximum atomic E-state index is 6.15. The molecule has 0 saturated carbocycles. The van der Waals surface area contributed by atoms with Gasteiger partial charge in [0.2, 0.25) is 5.16 Å². The summed E-state index contributed by atoms with van der Waals surface area (Å²) >= 11 is 3.31. The lowest BCUT2D eigenvalue weighted by atomic mass is 10.2. The van der Waals surface area contributed by atoms with Gasteiger partial charge in [0.1, 0.15) is 5.75 Å². The van der Waals surface area contributed by atoms with Crippen molar-refractivity contribution in [2.75, 3.05) is 19.2 Å². The minimum atomic E-state index is 0.637. The molecule has 2 aromatic carbocycles. The largest absolute Gasteiger partial charge is 0.497 e. The lowest BCUT2D eigenvalue weighted by Gasteiger charge is -2.05. The van der Waals surface area contributed by atoms with Crippen LogP contribution in [0.3, 0.4) is 0 Å². The van der Waals surface area contributed by atoms with E-state index in [4.69, 9.17) is 10.6 Å². The lowest BCUT2D eigenvalue weighted by molar-refractivity contribution is 0.415. The molecule has 24 heavy (non-hydrogen) atoms. The molecule has 2 N–H and O–H groups in total. The van der Waals surface area contributed by atoms with Gasteiger partial charge in [-0.3, -0.25) is 0 Å². The summed E-state index contributed by atoms with van der Waals surface area (Å²) in [5.41, 5.74) is 2.13. The molecule has 124 valence electrons. The summed E-state index contributed by atoms with van der Waals surface area (Å²) in [5.74, 6) is 8.38. The molecule has 1 aromatic heterocycles. The van der Waals surface area contributed by atoms with Crippen molar-refractivity contribution in [1.82, 2.24) is 14.9 Å². The Morgan fingerprint density at radius 1 is 1.04 bits per heavy atom. The third kappa shape index (κ3) is 3.68. The van der Waals surface area contributed by atoms with Crippen molar-refractivity contribution >= 4 is 23.5 Å². The van der Waals surface area contributed by atoms with Crippen molar-refractivity contribution in [3.63, 3.8) is 0 Å². The van der Waals surface area contributed by atoms with E-state index in [9.17, 15) is 0 Å². The normalized spacial score (nSPS) is 10.8. The van der Waals surface area contributed by atoms with E-state index < -0.39 is 0 Å². The molecule has 3 aromatic rings. The van der Waals surface area contributed by atoms with Crippen LogP contribution < -0.4 is 10.6 Å². The van der Waals surface area contributed by atoms with Gasteiger partial charge in [-0.15, -0.1) is 22.0 Å². The van der Waals surface area contributed by atoms with Crippen LogP contribution in [-0.4, -0.2) is 28.2 Å². The molecule has 0 saturated heterocycles. The molecule has 1 heterocycles. The van der Waals surface area contributed by atoms with Crippen LogP contribution in [-0.2, 0) is 5.75 Å². The number of hydrogen-bond donors (Lipinski definition) is 1. The average Bonchev–Trinajstić information content (AvgIpc) is 3.01. The molecule has 0 bridgehead atoms. The zero-order chi connectivity index (χ0) is 16.9. The molecular weight excluding hydrogens is 340 g/mol. The number of hydrogen-bond acceptors (Lipinski definition) is 6. The number of ether oxygens (including phenoxy) is 1. The second-order valence-corrected chi connectivity index (χ2v) is 6.86. The standard InChI is InChI=1S/C17H18N4OS2/c1-22-14-7-5-13(6-8-14)16-19-20-17(21(16)18)24-11-12-3-9-15(23-2)10-4-12/h3-10H,11,18H2,1-2H3. The van der Waals surface area contributed by atoms with Gasteiger partial charge in [0.25, 0.3) is 0 Å². The van der Waals surface area contributed by atoms with Gasteiger partial charge in [-0.05, 0) is 48.2 Å². The fourth-order valence-corrected chi connectivity index (χ4v) is 3.40. The smallest absolute Gasteiger partial charge is 0.210 e. The lowest BCUT2D eigenvalue weighted by Crippen LogP contribution is -2.11. The van der Waals surface area contributed by atoms with E-state index in [0.29, 0.717) is 11.0 Å². The Bertz CT molecular complexity index is 800. The van der Waals surface area contributed by atoms with Crippen molar-refractivity contribution in [3.8, 4) is 17.1 Å². The Hall–Kier alpha value is -2.12. The summed E-state index contributed by atoms with van der Waals surface area (Å²) in [6.45, 7) is 0. The molecule has 0 aliphatic carbocycles. The quantitative estimate of drug-likeness (QED) is 0.536. The van der Waals surface area contributed by atoms with Crippen molar-refractivity contribution in [1.29, 1.82) is 0 Å². The third-order valence-electron chi connectivity index (χ3n) is 3.54. The summed E-state index contributed by atoms with van der Waals surface area (Å²) in [7, 11) is 1.64. The molecule has 0 radical (unpaired) electrons. The summed E-state index contributed by atoms with van der Waals surface area (Å²) in [4.78, 5) is 1.26. The molecule has 0 amide bonds. The number of rotatable bonds is 6. The van der Waals surface area contributed by atoms with Gasteiger partial charge in [-0.1, -0.05) is 23.9 Å². The average molecular weight is 358 g/mol. The summed E-state index contributed by atoms with van der Waals surface area (Å²) in [5, 5.41) is 9.09. The first kappa shape index (κ1) is 16.7. The number of nitrogen functional groups attached to an aromatic ring is 1. The molecule has 3 rings (SSSR count). The zero-order valence-corrected chi connectivity index (χ0v) is 15.1. The summed E-state index contributed by atoms with van der Waals surface area (Å²) in [6, 6.07) is 16.1. The van der Waals surface area contributed by atoms with E-state index in [-0.39, 0.29) is 0 Å². The number of nitrogens with two attached hydrogens (primary N) is 1. The predicted octanol–water partition coefficient (Wildman–Crippen LogP) is 3.68. The van der Waals surface area contributed by atoms with Crippen LogP contribution in [0.1, 0.15) is 5.56 Å². The fraction of sp³-hybridized carbons (Fsp3) is 0.176. The second-order valence-electron chi connectivity index (χ2n) is 5.04. The number of methoxy groups -OCH3 is 1. The molecule has 0 aliphatic heterocycles. The number of benzene rings is 2. The maximum Gasteiger partial charge on any atom is 0.210 e. The van der Waals surface area contributed by atoms with Crippen LogP contribution in [0.15, 0.2) is 58.6 Å². The first-order valence-electron chi connectivity index (χ1n) is 7.32. The van der Waals surface area contributed by atoms with E-state index in [1.54, 1.807) is 30.6 Å². The van der Waals surface area contributed by atoms with Crippen LogP contribution in [0, 0.1) is 0 Å². The van der Waals surface area contributed by atoms with Gasteiger partial charge in [0.05, 0.1) is 7.11 Å². The topological polar surface area (TPSA) is 66.0 Å². The van der Waals surface area contributed by atoms with Crippen LogP contribution >= 0.6 is 23.5 Å². The minimum Gasteiger partial charge on any atom is -0.497 e. The first-order valence-corrected chi connectivity index (χ1v) is 9.53. The molecule has 0 spiro atoms. The fourth-order valence-electron chi connectivity index (χ4n) is 2.18. The Balaban J connectivity index is 1.71. The Morgan fingerprint density at radius 3 is 2.38 bits per heavy atom. The zero-order valence-electron chi connectivity index (χ0n) is 13.5. The van der Waals surface area contributed by atoms with Gasteiger partial charge in [0, 0.05) is 16.2 Å². The van der Waals surface area contributed by atoms with Gasteiger partial charge in [-0.2, -0.15) is 0 Å².